The first-order valence-corrected chi connectivity index (χ1v) is 4.08. The summed E-state index contributed by atoms with van der Waals surface area (Å²) < 4.78 is 0. The van der Waals surface area contributed by atoms with Crippen LogP contribution in [0.5, 0.6) is 0 Å². The van der Waals surface area contributed by atoms with E-state index in [9.17, 15) is 4.79 Å². The average Bonchev–Trinajstić information content (AvgIpc) is 2.20. The summed E-state index contributed by atoms with van der Waals surface area (Å²) in [5.74, 6) is 0. The number of hydrogen-bond donors (Lipinski definition) is 1. The SMILES string of the molecule is CN=Cc1ccc2nc[nH]c(=O)c2n1. The van der Waals surface area contributed by atoms with E-state index in [-0.39, 0.29) is 5.56 Å². The molecule has 2 aromatic rings. The van der Waals surface area contributed by atoms with Crippen LogP contribution < -0.4 is 5.56 Å². The molecule has 2 rings (SSSR count). The van der Waals surface area contributed by atoms with Crippen molar-refractivity contribution < 1.29 is 0 Å². The number of aromatic amines is 1. The summed E-state index contributed by atoms with van der Waals surface area (Å²) in [5.41, 5.74) is 1.34. The fraction of sp³-hybridized carbons (Fsp3) is 0.111. The van der Waals surface area contributed by atoms with Crippen molar-refractivity contribution in [3.05, 3.63) is 34.5 Å². The molecule has 0 aliphatic heterocycles. The lowest BCUT2D eigenvalue weighted by Crippen LogP contribution is -2.08. The molecule has 0 fully saturated rings. The second-order valence-electron chi connectivity index (χ2n) is 2.72. The maximum atomic E-state index is 11.3. The minimum Gasteiger partial charge on any atom is -0.311 e. The van der Waals surface area contributed by atoms with Crippen LogP contribution in [0.25, 0.3) is 11.0 Å². The molecule has 14 heavy (non-hydrogen) atoms. The van der Waals surface area contributed by atoms with Crippen LogP contribution in [0.3, 0.4) is 0 Å². The Morgan fingerprint density at radius 2 is 2.36 bits per heavy atom. The third kappa shape index (κ3) is 1.39. The van der Waals surface area contributed by atoms with E-state index in [0.29, 0.717) is 16.7 Å². The van der Waals surface area contributed by atoms with Crippen molar-refractivity contribution in [2.45, 2.75) is 0 Å². The molecule has 5 nitrogen and oxygen atoms in total. The minimum absolute atomic E-state index is 0.235. The molecule has 2 heterocycles. The third-order valence-electron chi connectivity index (χ3n) is 1.77. The highest BCUT2D eigenvalue weighted by Gasteiger charge is 2.00. The van der Waals surface area contributed by atoms with E-state index in [1.54, 1.807) is 25.4 Å². The lowest BCUT2D eigenvalue weighted by molar-refractivity contribution is 1.14. The van der Waals surface area contributed by atoms with E-state index in [4.69, 9.17) is 0 Å². The fourth-order valence-corrected chi connectivity index (χ4v) is 1.17. The van der Waals surface area contributed by atoms with Crippen LogP contribution >= 0.6 is 0 Å². The maximum absolute atomic E-state index is 11.3. The Morgan fingerprint density at radius 1 is 1.50 bits per heavy atom. The van der Waals surface area contributed by atoms with Crippen LogP contribution in [-0.2, 0) is 0 Å². The number of fused-ring (bicyclic) bond motifs is 1. The Kier molecular flexibility index (Phi) is 2.06. The highest BCUT2D eigenvalue weighted by Crippen LogP contribution is 2.02. The molecule has 1 N–H and O–H groups in total. The van der Waals surface area contributed by atoms with Crippen molar-refractivity contribution in [3.8, 4) is 0 Å². The van der Waals surface area contributed by atoms with Crippen LogP contribution in [-0.4, -0.2) is 28.2 Å². The van der Waals surface area contributed by atoms with Crippen LogP contribution in [0, 0.1) is 0 Å². The summed E-state index contributed by atoms with van der Waals surface area (Å²) in [4.78, 5) is 25.7. The van der Waals surface area contributed by atoms with Gasteiger partial charge in [0.1, 0.15) is 0 Å². The second-order valence-corrected chi connectivity index (χ2v) is 2.72. The van der Waals surface area contributed by atoms with Gasteiger partial charge in [0.2, 0.25) is 0 Å². The smallest absolute Gasteiger partial charge is 0.277 e. The van der Waals surface area contributed by atoms with Gasteiger partial charge in [-0.25, -0.2) is 9.97 Å². The van der Waals surface area contributed by atoms with E-state index >= 15 is 0 Å². The van der Waals surface area contributed by atoms with Gasteiger partial charge in [0, 0.05) is 13.3 Å². The zero-order chi connectivity index (χ0) is 9.97. The minimum atomic E-state index is -0.235. The number of aromatic nitrogens is 3. The van der Waals surface area contributed by atoms with Crippen molar-refractivity contribution in [1.29, 1.82) is 0 Å². The van der Waals surface area contributed by atoms with Crippen molar-refractivity contribution in [2.24, 2.45) is 4.99 Å². The van der Waals surface area contributed by atoms with E-state index < -0.39 is 0 Å². The van der Waals surface area contributed by atoms with Crippen LogP contribution in [0.4, 0.5) is 0 Å². The van der Waals surface area contributed by atoms with Crippen molar-refractivity contribution in [1.82, 2.24) is 15.0 Å². The van der Waals surface area contributed by atoms with Crippen molar-refractivity contribution in [3.63, 3.8) is 0 Å². The van der Waals surface area contributed by atoms with Gasteiger partial charge in [-0.1, -0.05) is 0 Å². The Balaban J connectivity index is 2.76. The van der Waals surface area contributed by atoms with E-state index in [0.717, 1.165) is 0 Å². The summed E-state index contributed by atoms with van der Waals surface area (Å²) in [6.45, 7) is 0. The lowest BCUT2D eigenvalue weighted by atomic mass is 10.3. The normalized spacial score (nSPS) is 11.2. The van der Waals surface area contributed by atoms with Crippen molar-refractivity contribution in [2.75, 3.05) is 7.05 Å². The monoisotopic (exact) mass is 188 g/mol. The molecule has 0 amide bonds. The molecule has 0 saturated carbocycles. The predicted molar refractivity (Wildman–Crippen MR) is 53.7 cm³/mol. The van der Waals surface area contributed by atoms with Gasteiger partial charge in [-0.15, -0.1) is 0 Å². The first-order chi connectivity index (χ1) is 6.81. The molecule has 0 unspecified atom stereocenters. The van der Waals surface area contributed by atoms with Gasteiger partial charge >= 0.3 is 0 Å². The second kappa shape index (κ2) is 3.37. The Hall–Kier alpha value is -2.04. The molecule has 5 heteroatoms. The van der Waals surface area contributed by atoms with Crippen LogP contribution in [0.1, 0.15) is 5.69 Å². The predicted octanol–water partition coefficient (Wildman–Crippen LogP) is 0.367. The Labute approximate surface area is 79.6 Å². The van der Waals surface area contributed by atoms with Gasteiger partial charge in [0.15, 0.2) is 5.52 Å². The molecular weight excluding hydrogens is 180 g/mol. The fourth-order valence-electron chi connectivity index (χ4n) is 1.17. The number of nitrogens with zero attached hydrogens (tertiary/aromatic N) is 3. The molecule has 0 aliphatic carbocycles. The number of H-pyrrole nitrogens is 1. The molecule has 0 atom stereocenters. The van der Waals surface area contributed by atoms with E-state index in [1.807, 2.05) is 0 Å². The van der Waals surface area contributed by atoms with E-state index in [1.165, 1.54) is 6.33 Å². The number of hydrogen-bond acceptors (Lipinski definition) is 4. The van der Waals surface area contributed by atoms with Gasteiger partial charge in [0.05, 0.1) is 17.5 Å². The largest absolute Gasteiger partial charge is 0.311 e. The van der Waals surface area contributed by atoms with Gasteiger partial charge in [-0.05, 0) is 12.1 Å². The zero-order valence-electron chi connectivity index (χ0n) is 7.56. The zero-order valence-corrected chi connectivity index (χ0v) is 7.56. The number of aliphatic imine (C=N–C) groups is 1. The summed E-state index contributed by atoms with van der Waals surface area (Å²) in [6, 6.07) is 3.51. The van der Waals surface area contributed by atoms with Gasteiger partial charge in [-0.2, -0.15) is 0 Å². The van der Waals surface area contributed by atoms with Crippen LogP contribution in [0.2, 0.25) is 0 Å². The highest BCUT2D eigenvalue weighted by atomic mass is 16.1. The first kappa shape index (κ1) is 8.55. The van der Waals surface area contributed by atoms with Gasteiger partial charge in [0.25, 0.3) is 5.56 Å². The quantitative estimate of drug-likeness (QED) is 0.657. The molecule has 0 aliphatic rings. The molecule has 0 saturated heterocycles. The molecule has 0 aromatic carbocycles. The summed E-state index contributed by atoms with van der Waals surface area (Å²) in [7, 11) is 1.65. The van der Waals surface area contributed by atoms with Gasteiger partial charge < -0.3 is 4.98 Å². The number of rotatable bonds is 1. The standard InChI is InChI=1S/C9H8N4O/c1-10-4-6-2-3-7-8(13-6)9(14)12-5-11-7/h2-5H,1H3,(H,11,12,14). The van der Waals surface area contributed by atoms with Crippen LogP contribution in [0.15, 0.2) is 28.2 Å². The molecule has 0 radical (unpaired) electrons. The number of nitrogens with one attached hydrogen (secondary N) is 1. The highest BCUT2D eigenvalue weighted by molar-refractivity contribution is 5.82. The molecule has 2 aromatic heterocycles. The Morgan fingerprint density at radius 3 is 3.14 bits per heavy atom. The van der Waals surface area contributed by atoms with E-state index in [2.05, 4.69) is 19.9 Å². The average molecular weight is 188 g/mol. The lowest BCUT2D eigenvalue weighted by Gasteiger charge is -1.95. The molecular formula is C9H8N4O. The summed E-state index contributed by atoms with van der Waals surface area (Å²) >= 11 is 0. The maximum Gasteiger partial charge on any atom is 0.277 e. The third-order valence-corrected chi connectivity index (χ3v) is 1.77. The Bertz CT molecular complexity index is 544. The summed E-state index contributed by atoms with van der Waals surface area (Å²) in [6.07, 6.45) is 2.95. The topological polar surface area (TPSA) is 71.0 Å². The van der Waals surface area contributed by atoms with Crippen molar-refractivity contribution >= 4 is 17.2 Å². The molecule has 0 spiro atoms. The molecule has 0 bridgehead atoms. The summed E-state index contributed by atoms with van der Waals surface area (Å²) in [5, 5.41) is 0. The molecule has 70 valence electrons. The number of pyridine rings is 1. The first-order valence-electron chi connectivity index (χ1n) is 4.08. The van der Waals surface area contributed by atoms with Gasteiger partial charge in [-0.3, -0.25) is 9.79 Å².